The van der Waals surface area contributed by atoms with Crippen LogP contribution in [0.2, 0.25) is 0 Å². The van der Waals surface area contributed by atoms with Crippen LogP contribution in [0.25, 0.3) is 0 Å². The van der Waals surface area contributed by atoms with Crippen LogP contribution in [0.1, 0.15) is 49.9 Å². The second-order valence-electron chi connectivity index (χ2n) is 8.48. The highest BCUT2D eigenvalue weighted by molar-refractivity contribution is 5.98. The largest absolute Gasteiger partial charge is 0.385 e. The fraction of sp³-hybridized carbons (Fsp3) is 0.667. The van der Waals surface area contributed by atoms with E-state index in [-0.39, 0.29) is 37.0 Å². The molecule has 3 amide bonds. The summed E-state index contributed by atoms with van der Waals surface area (Å²) < 4.78 is 15.1. The predicted molar refractivity (Wildman–Crippen MR) is 113 cm³/mol. The molecule has 0 radical (unpaired) electrons. The Morgan fingerprint density at radius 3 is 2.44 bits per heavy atom. The van der Waals surface area contributed by atoms with Crippen LogP contribution < -0.4 is 16.0 Å². The molecule has 3 atom stereocenters. The fourth-order valence-corrected chi connectivity index (χ4v) is 3.07. The Morgan fingerprint density at radius 2 is 1.91 bits per heavy atom. The van der Waals surface area contributed by atoms with Gasteiger partial charge in [0.15, 0.2) is 11.5 Å². The number of nitrogens with one attached hydrogen (secondary N) is 3. The lowest BCUT2D eigenvalue weighted by Gasteiger charge is -2.22. The molecule has 1 aromatic rings. The molecule has 2 heterocycles. The van der Waals surface area contributed by atoms with Gasteiger partial charge in [-0.1, -0.05) is 19.0 Å². The van der Waals surface area contributed by atoms with Gasteiger partial charge >= 0.3 is 0 Å². The number of Topliss-reactive ketones (excluding diaryl/α,β-unsaturated/α-hetero) is 1. The number of ketones is 1. The van der Waals surface area contributed by atoms with Crippen molar-refractivity contribution in [3.63, 3.8) is 0 Å². The summed E-state index contributed by atoms with van der Waals surface area (Å²) in [6, 6.07) is -0.199. The van der Waals surface area contributed by atoms with E-state index in [1.165, 1.54) is 13.2 Å². The minimum absolute atomic E-state index is 0.0429. The van der Waals surface area contributed by atoms with Crippen LogP contribution in [-0.4, -0.2) is 73.2 Å². The lowest BCUT2D eigenvalue weighted by molar-refractivity contribution is -0.131. The first-order chi connectivity index (χ1) is 15.1. The summed E-state index contributed by atoms with van der Waals surface area (Å²) in [5, 5.41) is 11.4. The topological polar surface area (TPSA) is 152 Å². The Bertz CT molecular complexity index is 832. The zero-order valence-electron chi connectivity index (χ0n) is 19.1. The third-order valence-corrected chi connectivity index (χ3v) is 4.97. The van der Waals surface area contributed by atoms with Gasteiger partial charge in [-0.2, -0.15) is 0 Å². The summed E-state index contributed by atoms with van der Waals surface area (Å²) >= 11 is 0. The van der Waals surface area contributed by atoms with Crippen LogP contribution in [0.5, 0.6) is 0 Å². The van der Waals surface area contributed by atoms with Crippen molar-refractivity contribution < 1.29 is 33.2 Å². The van der Waals surface area contributed by atoms with E-state index in [1.807, 2.05) is 13.8 Å². The number of aromatic nitrogens is 1. The Hall–Kier alpha value is -2.79. The minimum atomic E-state index is -0.945. The number of ether oxygens (including phenoxy) is 2. The monoisotopic (exact) mass is 452 g/mol. The Balaban J connectivity index is 1.92. The van der Waals surface area contributed by atoms with Gasteiger partial charge in [0, 0.05) is 19.8 Å². The first-order valence-electron chi connectivity index (χ1n) is 10.5. The molecule has 0 aliphatic carbocycles. The molecule has 0 saturated carbocycles. The third-order valence-electron chi connectivity index (χ3n) is 4.97. The number of rotatable bonds is 13. The number of nitrogens with zero attached hydrogens (tertiary/aromatic N) is 1. The molecular formula is C21H32N4O7. The minimum Gasteiger partial charge on any atom is -0.385 e. The van der Waals surface area contributed by atoms with Crippen LogP contribution in [0, 0.1) is 12.8 Å². The summed E-state index contributed by atoms with van der Waals surface area (Å²) in [7, 11) is 1.47. The molecule has 178 valence electrons. The maximum Gasteiger partial charge on any atom is 0.274 e. The normalized spacial score (nSPS) is 19.2. The molecule has 11 nitrogen and oxygen atoms in total. The first-order valence-corrected chi connectivity index (χ1v) is 10.5. The predicted octanol–water partition coefficient (Wildman–Crippen LogP) is 0.123. The average Bonchev–Trinajstić information content (AvgIpc) is 3.33. The van der Waals surface area contributed by atoms with Crippen molar-refractivity contribution in [3.8, 4) is 0 Å². The SMILES string of the molecule is COCC[C@H](NC(=O)c1cc(C)on1)C(=O)NCC(=O)N[C@@H](CC(C)C)C(=O)[C@@]1(C)CO1. The van der Waals surface area contributed by atoms with E-state index in [4.69, 9.17) is 14.0 Å². The smallest absolute Gasteiger partial charge is 0.274 e. The summed E-state index contributed by atoms with van der Waals surface area (Å²) in [6.07, 6.45) is 0.651. The van der Waals surface area contributed by atoms with E-state index in [1.54, 1.807) is 13.8 Å². The number of hydrogen-bond donors (Lipinski definition) is 3. The van der Waals surface area contributed by atoms with Gasteiger partial charge < -0.3 is 29.9 Å². The first kappa shape index (κ1) is 25.5. The van der Waals surface area contributed by atoms with Crippen LogP contribution >= 0.6 is 0 Å². The maximum absolute atomic E-state index is 12.6. The molecule has 1 saturated heterocycles. The Labute approximate surface area is 186 Å². The Morgan fingerprint density at radius 1 is 1.22 bits per heavy atom. The molecule has 1 aromatic heterocycles. The van der Waals surface area contributed by atoms with Gasteiger partial charge in [-0.05, 0) is 32.6 Å². The van der Waals surface area contributed by atoms with Crippen LogP contribution in [0.4, 0.5) is 0 Å². The lowest BCUT2D eigenvalue weighted by atomic mass is 9.93. The molecule has 0 aromatic carbocycles. The molecular weight excluding hydrogens is 420 g/mol. The van der Waals surface area contributed by atoms with Crippen LogP contribution in [0.3, 0.4) is 0 Å². The van der Waals surface area contributed by atoms with E-state index in [0.29, 0.717) is 18.8 Å². The van der Waals surface area contributed by atoms with Crippen molar-refractivity contribution >= 4 is 23.5 Å². The van der Waals surface area contributed by atoms with Crippen molar-refractivity contribution in [2.45, 2.75) is 58.2 Å². The molecule has 0 unspecified atom stereocenters. The van der Waals surface area contributed by atoms with Gasteiger partial charge in [-0.25, -0.2) is 0 Å². The van der Waals surface area contributed by atoms with E-state index in [9.17, 15) is 19.2 Å². The molecule has 0 bridgehead atoms. The van der Waals surface area contributed by atoms with Gasteiger partial charge in [-0.15, -0.1) is 0 Å². The van der Waals surface area contributed by atoms with Crippen molar-refractivity contribution in [1.82, 2.24) is 21.1 Å². The highest BCUT2D eigenvalue weighted by Crippen LogP contribution is 2.29. The standard InChI is InChI=1S/C21H32N4O7/c1-12(2)8-15(18(27)21(4)11-31-21)23-17(26)10-22-19(28)14(6-7-30-5)24-20(29)16-9-13(3)32-25-16/h9,12,14-15H,6-8,10-11H2,1-5H3,(H,22,28)(H,23,26)(H,24,29)/t14-,15-,21+/m0/s1. The molecule has 0 spiro atoms. The van der Waals surface area contributed by atoms with E-state index in [2.05, 4.69) is 21.1 Å². The number of aryl methyl sites for hydroxylation is 1. The number of hydrogen-bond acceptors (Lipinski definition) is 8. The summed E-state index contributed by atoms with van der Waals surface area (Å²) in [4.78, 5) is 50.0. The molecule has 3 N–H and O–H groups in total. The third kappa shape index (κ3) is 7.41. The quantitative estimate of drug-likeness (QED) is 0.357. The number of carbonyl (C=O) groups excluding carboxylic acids is 4. The summed E-state index contributed by atoms with van der Waals surface area (Å²) in [6.45, 7) is 7.43. The number of epoxide rings is 1. The highest BCUT2D eigenvalue weighted by atomic mass is 16.6. The van der Waals surface area contributed by atoms with Crippen molar-refractivity contribution in [2.75, 3.05) is 26.9 Å². The number of carbonyl (C=O) groups is 4. The average molecular weight is 453 g/mol. The van der Waals surface area contributed by atoms with Gasteiger partial charge in [0.2, 0.25) is 11.8 Å². The number of methoxy groups -OCH3 is 1. The van der Waals surface area contributed by atoms with Crippen LogP contribution in [-0.2, 0) is 23.9 Å². The van der Waals surface area contributed by atoms with Gasteiger partial charge in [0.05, 0.1) is 19.2 Å². The highest BCUT2D eigenvalue weighted by Gasteiger charge is 2.50. The van der Waals surface area contributed by atoms with Crippen LogP contribution in [0.15, 0.2) is 10.6 Å². The molecule has 1 aliphatic rings. The van der Waals surface area contributed by atoms with E-state index in [0.717, 1.165) is 0 Å². The summed E-state index contributed by atoms with van der Waals surface area (Å²) in [5.74, 6) is -1.20. The molecule has 1 aliphatic heterocycles. The molecule has 2 rings (SSSR count). The van der Waals surface area contributed by atoms with Crippen molar-refractivity contribution in [1.29, 1.82) is 0 Å². The fourth-order valence-electron chi connectivity index (χ4n) is 3.07. The molecule has 32 heavy (non-hydrogen) atoms. The zero-order valence-corrected chi connectivity index (χ0v) is 19.1. The van der Waals surface area contributed by atoms with E-state index >= 15 is 0 Å². The second-order valence-corrected chi connectivity index (χ2v) is 8.48. The Kier molecular flexibility index (Phi) is 8.90. The van der Waals surface area contributed by atoms with Gasteiger partial charge in [-0.3, -0.25) is 19.2 Å². The zero-order chi connectivity index (χ0) is 23.9. The van der Waals surface area contributed by atoms with Gasteiger partial charge in [0.25, 0.3) is 5.91 Å². The molecule has 11 heteroatoms. The van der Waals surface area contributed by atoms with E-state index < -0.39 is 35.4 Å². The van der Waals surface area contributed by atoms with Gasteiger partial charge in [0.1, 0.15) is 17.4 Å². The summed E-state index contributed by atoms with van der Waals surface area (Å²) in [5.41, 5.74) is -0.813. The van der Waals surface area contributed by atoms with Crippen molar-refractivity contribution in [3.05, 3.63) is 17.5 Å². The molecule has 1 fully saturated rings. The number of amides is 3. The second kappa shape index (κ2) is 11.2. The van der Waals surface area contributed by atoms with Crippen molar-refractivity contribution in [2.24, 2.45) is 5.92 Å². The maximum atomic E-state index is 12.6. The lowest BCUT2D eigenvalue weighted by Crippen LogP contribution is -2.52.